The Balaban J connectivity index is 1.93. The number of alkyl carbamates (subject to hydrolysis) is 1. The van der Waals surface area contributed by atoms with E-state index in [0.29, 0.717) is 19.6 Å². The molecule has 37 heavy (non-hydrogen) atoms. The van der Waals surface area contributed by atoms with E-state index in [-0.39, 0.29) is 5.92 Å². The highest BCUT2D eigenvalue weighted by atomic mass is 16.6. The van der Waals surface area contributed by atoms with E-state index in [4.69, 9.17) is 23.7 Å². The molecule has 0 fully saturated rings. The number of hydrogen-bond donors (Lipinski definition) is 1. The molecule has 0 heterocycles. The molecular weight excluding hydrogens is 474 g/mol. The molecule has 0 aromatic heterocycles. The van der Waals surface area contributed by atoms with Crippen LogP contribution in [0.15, 0.2) is 30.3 Å². The maximum absolute atomic E-state index is 12.5. The van der Waals surface area contributed by atoms with Crippen molar-refractivity contribution in [2.75, 3.05) is 27.9 Å². The summed E-state index contributed by atoms with van der Waals surface area (Å²) in [5, 5.41) is 2.68. The lowest BCUT2D eigenvalue weighted by Crippen LogP contribution is -2.45. The molecule has 202 valence electrons. The molecule has 0 saturated heterocycles. The van der Waals surface area contributed by atoms with Gasteiger partial charge in [0.15, 0.2) is 0 Å². The highest BCUT2D eigenvalue weighted by Crippen LogP contribution is 2.47. The van der Waals surface area contributed by atoms with E-state index in [1.165, 1.54) is 7.11 Å². The third kappa shape index (κ3) is 6.95. The topological polar surface area (TPSA) is 92.3 Å². The van der Waals surface area contributed by atoms with Crippen molar-refractivity contribution >= 4 is 12.1 Å². The summed E-state index contributed by atoms with van der Waals surface area (Å²) in [4.78, 5) is 24.9. The van der Waals surface area contributed by atoms with Gasteiger partial charge in [-0.15, -0.1) is 0 Å². The van der Waals surface area contributed by atoms with Gasteiger partial charge >= 0.3 is 12.1 Å². The summed E-state index contributed by atoms with van der Waals surface area (Å²) in [6.45, 7) is 8.39. The SMILES string of the molecule is CCOCc1cc(OC)c(C2CCc3c(C[C@H](NC(=O)OC(C)(C)C)C(=O)OC)cccc32)c(OC)c1. The van der Waals surface area contributed by atoms with Crippen molar-refractivity contribution in [1.82, 2.24) is 5.32 Å². The number of benzene rings is 2. The lowest BCUT2D eigenvalue weighted by atomic mass is 9.89. The molecule has 0 saturated carbocycles. The summed E-state index contributed by atoms with van der Waals surface area (Å²) in [7, 11) is 4.64. The molecule has 8 nitrogen and oxygen atoms in total. The lowest BCUT2D eigenvalue weighted by molar-refractivity contribution is -0.143. The van der Waals surface area contributed by atoms with Crippen LogP contribution in [0.1, 0.15) is 67.9 Å². The second-order valence-corrected chi connectivity index (χ2v) is 10.1. The summed E-state index contributed by atoms with van der Waals surface area (Å²) < 4.78 is 27.5. The molecule has 1 N–H and O–H groups in total. The Bertz CT molecular complexity index is 1080. The number of amides is 1. The molecule has 2 atom stereocenters. The second kappa shape index (κ2) is 12.3. The van der Waals surface area contributed by atoms with Gasteiger partial charge in [0.05, 0.1) is 27.9 Å². The molecule has 3 rings (SSSR count). The monoisotopic (exact) mass is 513 g/mol. The van der Waals surface area contributed by atoms with Gasteiger partial charge in [-0.3, -0.25) is 0 Å². The van der Waals surface area contributed by atoms with Crippen molar-refractivity contribution in [3.8, 4) is 11.5 Å². The molecule has 0 radical (unpaired) electrons. The molecule has 1 amide bonds. The summed E-state index contributed by atoms with van der Waals surface area (Å²) in [5.41, 5.74) is 4.61. The van der Waals surface area contributed by atoms with Crippen molar-refractivity contribution in [3.63, 3.8) is 0 Å². The Morgan fingerprint density at radius 2 is 1.76 bits per heavy atom. The highest BCUT2D eigenvalue weighted by Gasteiger charge is 2.33. The van der Waals surface area contributed by atoms with Gasteiger partial charge in [0, 0.05) is 24.5 Å². The van der Waals surface area contributed by atoms with Gasteiger partial charge in [-0.05, 0) is 74.9 Å². The Morgan fingerprint density at radius 1 is 1.08 bits per heavy atom. The highest BCUT2D eigenvalue weighted by molar-refractivity contribution is 5.81. The smallest absolute Gasteiger partial charge is 0.408 e. The Hall–Kier alpha value is -3.26. The van der Waals surface area contributed by atoms with Gasteiger partial charge in [-0.1, -0.05) is 18.2 Å². The van der Waals surface area contributed by atoms with E-state index < -0.39 is 23.7 Å². The standard InChI is InChI=1S/C29H39NO7/c1-8-36-17-18-14-24(33-5)26(25(15-18)34-6)22-13-12-20-19(10-9-11-21(20)22)16-23(27(31)35-7)30-28(32)37-29(2,3)4/h9-11,14-15,22-23H,8,12-13,16-17H2,1-7H3,(H,30,32)/t22?,23-/m0/s1. The van der Waals surface area contributed by atoms with Crippen molar-refractivity contribution in [2.45, 2.75) is 71.1 Å². The van der Waals surface area contributed by atoms with Crippen LogP contribution in [-0.4, -0.2) is 51.6 Å². The van der Waals surface area contributed by atoms with Gasteiger partial charge in [-0.25, -0.2) is 9.59 Å². The summed E-state index contributed by atoms with van der Waals surface area (Å²) in [6.07, 6.45) is 1.33. The van der Waals surface area contributed by atoms with Gasteiger partial charge < -0.3 is 29.0 Å². The van der Waals surface area contributed by atoms with Gasteiger partial charge in [0.2, 0.25) is 0 Å². The van der Waals surface area contributed by atoms with Crippen LogP contribution in [0, 0.1) is 0 Å². The maximum atomic E-state index is 12.5. The van der Waals surface area contributed by atoms with E-state index in [1.807, 2.05) is 31.2 Å². The summed E-state index contributed by atoms with van der Waals surface area (Å²) in [5.74, 6) is 1.07. The fraction of sp³-hybridized carbons (Fsp3) is 0.517. The number of carbonyl (C=O) groups is 2. The zero-order chi connectivity index (χ0) is 27.2. The number of methoxy groups -OCH3 is 3. The molecule has 8 heteroatoms. The van der Waals surface area contributed by atoms with Crippen LogP contribution in [0.2, 0.25) is 0 Å². The number of ether oxygens (including phenoxy) is 5. The van der Waals surface area contributed by atoms with Crippen molar-refractivity contribution in [2.24, 2.45) is 0 Å². The zero-order valence-corrected chi connectivity index (χ0v) is 22.9. The van der Waals surface area contributed by atoms with Crippen LogP contribution in [0.3, 0.4) is 0 Å². The molecule has 1 unspecified atom stereocenters. The minimum atomic E-state index is -0.868. The number of carbonyl (C=O) groups excluding carboxylic acids is 2. The molecule has 2 aromatic rings. The van der Waals surface area contributed by atoms with Crippen molar-refractivity contribution < 1.29 is 33.3 Å². The largest absolute Gasteiger partial charge is 0.496 e. The lowest BCUT2D eigenvalue weighted by Gasteiger charge is -2.23. The van der Waals surface area contributed by atoms with Gasteiger partial charge in [0.25, 0.3) is 0 Å². The fourth-order valence-electron chi connectivity index (χ4n) is 4.87. The third-order valence-corrected chi connectivity index (χ3v) is 6.39. The van der Waals surface area contributed by atoms with Crippen LogP contribution in [-0.2, 0) is 38.5 Å². The van der Waals surface area contributed by atoms with Crippen LogP contribution in [0.4, 0.5) is 4.79 Å². The van der Waals surface area contributed by atoms with E-state index >= 15 is 0 Å². The number of esters is 1. The Labute approximate surface area is 219 Å². The summed E-state index contributed by atoms with van der Waals surface area (Å²) >= 11 is 0. The predicted octanol–water partition coefficient (Wildman–Crippen LogP) is 4.93. The average Bonchev–Trinajstić information content (AvgIpc) is 3.29. The number of fused-ring (bicyclic) bond motifs is 1. The molecule has 1 aliphatic rings. The first-order chi connectivity index (χ1) is 17.6. The van der Waals surface area contributed by atoms with E-state index in [9.17, 15) is 9.59 Å². The number of hydrogen-bond acceptors (Lipinski definition) is 7. The van der Waals surface area contributed by atoms with Crippen molar-refractivity contribution in [1.29, 1.82) is 0 Å². The van der Waals surface area contributed by atoms with Gasteiger partial charge in [0.1, 0.15) is 23.1 Å². The van der Waals surface area contributed by atoms with Crippen LogP contribution >= 0.6 is 0 Å². The molecule has 0 bridgehead atoms. The van der Waals surface area contributed by atoms with Crippen LogP contribution in [0.25, 0.3) is 0 Å². The zero-order valence-electron chi connectivity index (χ0n) is 22.9. The average molecular weight is 514 g/mol. The summed E-state index contributed by atoms with van der Waals surface area (Å²) in [6, 6.07) is 9.23. The number of rotatable bonds is 10. The minimum Gasteiger partial charge on any atom is -0.496 e. The fourth-order valence-corrected chi connectivity index (χ4v) is 4.87. The minimum absolute atomic E-state index is 0.0661. The molecule has 2 aromatic carbocycles. The van der Waals surface area contributed by atoms with Crippen molar-refractivity contribution in [3.05, 3.63) is 58.1 Å². The number of nitrogens with one attached hydrogen (secondary N) is 1. The normalized spacial score (nSPS) is 15.5. The second-order valence-electron chi connectivity index (χ2n) is 10.1. The van der Waals surface area contributed by atoms with Crippen LogP contribution in [0.5, 0.6) is 11.5 Å². The Morgan fingerprint density at radius 3 is 2.32 bits per heavy atom. The maximum Gasteiger partial charge on any atom is 0.408 e. The van der Waals surface area contributed by atoms with E-state index in [2.05, 4.69) is 11.4 Å². The first-order valence-electron chi connectivity index (χ1n) is 12.6. The van der Waals surface area contributed by atoms with E-state index in [1.54, 1.807) is 35.0 Å². The third-order valence-electron chi connectivity index (χ3n) is 6.39. The molecular formula is C29H39NO7. The first-order valence-corrected chi connectivity index (χ1v) is 12.6. The Kier molecular flexibility index (Phi) is 9.43. The first kappa shape index (κ1) is 28.3. The van der Waals surface area contributed by atoms with Gasteiger partial charge in [-0.2, -0.15) is 0 Å². The van der Waals surface area contributed by atoms with E-state index in [0.717, 1.165) is 52.2 Å². The predicted molar refractivity (Wildman–Crippen MR) is 140 cm³/mol. The molecule has 0 aliphatic heterocycles. The quantitative estimate of drug-likeness (QED) is 0.451. The molecule has 1 aliphatic carbocycles. The molecule has 0 spiro atoms. The van der Waals surface area contributed by atoms with Crippen LogP contribution < -0.4 is 14.8 Å².